The van der Waals surface area contributed by atoms with Crippen LogP contribution in [0.3, 0.4) is 0 Å². The van der Waals surface area contributed by atoms with E-state index in [1.165, 1.54) is 0 Å². The highest BCUT2D eigenvalue weighted by Gasteiger charge is 2.16. The number of hydrogen-bond donors (Lipinski definition) is 2. The number of amides is 2. The molecule has 0 bridgehead atoms. The van der Waals surface area contributed by atoms with E-state index in [0.29, 0.717) is 17.0 Å². The number of fused-ring (bicyclic) bond motifs is 1. The molecule has 0 aliphatic carbocycles. The monoisotopic (exact) mass is 306 g/mol. The Hall–Kier alpha value is -3.28. The number of aryl methyl sites for hydroxylation is 1. The first kappa shape index (κ1) is 14.6. The van der Waals surface area contributed by atoms with Crippen molar-refractivity contribution in [1.29, 1.82) is 0 Å². The fraction of sp³-hybridized carbons (Fsp3) is 0.0588. The second-order valence-corrected chi connectivity index (χ2v) is 5.01. The van der Waals surface area contributed by atoms with Crippen molar-refractivity contribution in [2.45, 2.75) is 6.92 Å². The van der Waals surface area contributed by atoms with Crippen LogP contribution >= 0.6 is 0 Å². The molecule has 2 amide bonds. The molecule has 2 heterocycles. The zero-order chi connectivity index (χ0) is 16.2. The summed E-state index contributed by atoms with van der Waals surface area (Å²) in [5.74, 6) is -1.22. The van der Waals surface area contributed by atoms with Crippen LogP contribution < -0.4 is 10.6 Å². The van der Waals surface area contributed by atoms with Crippen LogP contribution in [-0.2, 0) is 9.59 Å². The number of rotatable bonds is 2. The largest absolute Gasteiger partial charge is 0.316 e. The van der Waals surface area contributed by atoms with Gasteiger partial charge >= 0.3 is 11.8 Å². The molecule has 0 aliphatic heterocycles. The molecule has 0 radical (unpaired) electrons. The van der Waals surface area contributed by atoms with E-state index in [1.807, 2.05) is 25.1 Å². The maximum absolute atomic E-state index is 12.1. The molecule has 2 aromatic heterocycles. The molecule has 6 heteroatoms. The van der Waals surface area contributed by atoms with E-state index >= 15 is 0 Å². The molecule has 23 heavy (non-hydrogen) atoms. The van der Waals surface area contributed by atoms with E-state index in [9.17, 15) is 9.59 Å². The topological polar surface area (TPSA) is 84.0 Å². The van der Waals surface area contributed by atoms with Gasteiger partial charge in [0.05, 0.1) is 11.2 Å². The van der Waals surface area contributed by atoms with Crippen molar-refractivity contribution in [2.24, 2.45) is 0 Å². The van der Waals surface area contributed by atoms with Gasteiger partial charge in [-0.1, -0.05) is 18.2 Å². The van der Waals surface area contributed by atoms with Gasteiger partial charge < -0.3 is 10.6 Å². The van der Waals surface area contributed by atoms with E-state index in [1.54, 1.807) is 36.7 Å². The number of nitrogens with zero attached hydrogens (tertiary/aromatic N) is 2. The highest BCUT2D eigenvalue weighted by atomic mass is 16.2. The lowest BCUT2D eigenvalue weighted by molar-refractivity contribution is -0.133. The Morgan fingerprint density at radius 1 is 0.913 bits per heavy atom. The number of pyridine rings is 2. The van der Waals surface area contributed by atoms with E-state index in [2.05, 4.69) is 20.6 Å². The molecule has 0 fully saturated rings. The molecule has 0 saturated heterocycles. The van der Waals surface area contributed by atoms with Crippen LogP contribution in [0.15, 0.2) is 54.9 Å². The smallest absolute Gasteiger partial charge is 0.315 e. The maximum Gasteiger partial charge on any atom is 0.315 e. The van der Waals surface area contributed by atoms with Crippen molar-refractivity contribution in [3.05, 3.63) is 60.4 Å². The van der Waals surface area contributed by atoms with E-state index < -0.39 is 11.8 Å². The predicted molar refractivity (Wildman–Crippen MR) is 88.0 cm³/mol. The minimum atomic E-state index is -0.781. The van der Waals surface area contributed by atoms with Gasteiger partial charge in [-0.25, -0.2) is 4.98 Å². The lowest BCUT2D eigenvalue weighted by atomic mass is 10.2. The SMILES string of the molecule is Cc1ccnc(NC(=O)C(=O)Nc2cccc3cccnc23)c1. The fourth-order valence-corrected chi connectivity index (χ4v) is 2.16. The minimum Gasteiger partial charge on any atom is -0.316 e. The first-order valence-electron chi connectivity index (χ1n) is 7.02. The third-order valence-electron chi connectivity index (χ3n) is 3.24. The molecule has 1 aromatic carbocycles. The van der Waals surface area contributed by atoms with Crippen molar-refractivity contribution < 1.29 is 9.59 Å². The standard InChI is InChI=1S/C17H14N4O2/c1-11-7-9-18-14(10-11)21-17(23)16(22)20-13-6-2-4-12-5-3-8-19-15(12)13/h2-10H,1H3,(H,20,22)(H,18,21,23). The molecule has 0 aliphatic rings. The van der Waals surface area contributed by atoms with Crippen LogP contribution in [0.25, 0.3) is 10.9 Å². The number of para-hydroxylation sites is 1. The summed E-state index contributed by atoms with van der Waals surface area (Å²) in [6.07, 6.45) is 3.20. The second kappa shape index (κ2) is 6.23. The number of aromatic nitrogens is 2. The lowest BCUT2D eigenvalue weighted by Crippen LogP contribution is -2.29. The summed E-state index contributed by atoms with van der Waals surface area (Å²) in [6.45, 7) is 1.87. The molecule has 0 unspecified atom stereocenters. The Balaban J connectivity index is 1.77. The zero-order valence-electron chi connectivity index (χ0n) is 12.4. The van der Waals surface area contributed by atoms with Gasteiger partial charge in [-0.05, 0) is 36.8 Å². The number of anilines is 2. The van der Waals surface area contributed by atoms with Crippen LogP contribution in [0.5, 0.6) is 0 Å². The molecule has 6 nitrogen and oxygen atoms in total. The average molecular weight is 306 g/mol. The first-order valence-corrected chi connectivity index (χ1v) is 7.02. The molecule has 3 rings (SSSR count). The first-order chi connectivity index (χ1) is 11.1. The molecule has 114 valence electrons. The van der Waals surface area contributed by atoms with Crippen molar-refractivity contribution >= 4 is 34.2 Å². The van der Waals surface area contributed by atoms with Gasteiger partial charge in [-0.3, -0.25) is 14.6 Å². The molecular formula is C17H14N4O2. The average Bonchev–Trinajstić information content (AvgIpc) is 2.55. The summed E-state index contributed by atoms with van der Waals surface area (Å²) < 4.78 is 0. The number of carbonyl (C=O) groups excluding carboxylic acids is 2. The molecule has 0 spiro atoms. The number of carbonyl (C=O) groups is 2. The van der Waals surface area contributed by atoms with Gasteiger partial charge in [0.1, 0.15) is 5.82 Å². The van der Waals surface area contributed by atoms with Crippen molar-refractivity contribution in [1.82, 2.24) is 9.97 Å². The molecule has 3 aromatic rings. The maximum atomic E-state index is 12.1. The molecule has 0 atom stereocenters. The predicted octanol–water partition coefficient (Wildman–Crippen LogP) is 2.52. The third-order valence-corrected chi connectivity index (χ3v) is 3.24. The van der Waals surface area contributed by atoms with E-state index in [4.69, 9.17) is 0 Å². The Morgan fingerprint density at radius 2 is 1.70 bits per heavy atom. The van der Waals surface area contributed by atoms with Gasteiger partial charge in [0, 0.05) is 17.8 Å². The third kappa shape index (κ3) is 3.32. The van der Waals surface area contributed by atoms with Crippen molar-refractivity contribution in [3.8, 4) is 0 Å². The summed E-state index contributed by atoms with van der Waals surface area (Å²) in [4.78, 5) is 32.3. The summed E-state index contributed by atoms with van der Waals surface area (Å²) in [5.41, 5.74) is 2.05. The van der Waals surface area contributed by atoms with Crippen LogP contribution in [-0.4, -0.2) is 21.8 Å². The van der Waals surface area contributed by atoms with Crippen LogP contribution in [0, 0.1) is 6.92 Å². The number of nitrogens with one attached hydrogen (secondary N) is 2. The minimum absolute atomic E-state index is 0.334. The normalized spacial score (nSPS) is 10.3. The molecular weight excluding hydrogens is 292 g/mol. The van der Waals surface area contributed by atoms with Crippen LogP contribution in [0.4, 0.5) is 11.5 Å². The summed E-state index contributed by atoms with van der Waals surface area (Å²) >= 11 is 0. The Morgan fingerprint density at radius 3 is 2.52 bits per heavy atom. The summed E-state index contributed by atoms with van der Waals surface area (Å²) in [7, 11) is 0. The Bertz CT molecular complexity index is 887. The zero-order valence-corrected chi connectivity index (χ0v) is 12.4. The van der Waals surface area contributed by atoms with Crippen molar-refractivity contribution in [2.75, 3.05) is 10.6 Å². The van der Waals surface area contributed by atoms with Gasteiger partial charge in [0.15, 0.2) is 0 Å². The molecule has 0 saturated carbocycles. The van der Waals surface area contributed by atoms with Gasteiger partial charge in [0.25, 0.3) is 0 Å². The quantitative estimate of drug-likeness (QED) is 0.713. The number of hydrogen-bond acceptors (Lipinski definition) is 4. The summed E-state index contributed by atoms with van der Waals surface area (Å²) in [5, 5.41) is 5.93. The van der Waals surface area contributed by atoms with Gasteiger partial charge in [0.2, 0.25) is 0 Å². The highest BCUT2D eigenvalue weighted by molar-refractivity contribution is 6.44. The van der Waals surface area contributed by atoms with Crippen LogP contribution in [0.1, 0.15) is 5.56 Å². The lowest BCUT2D eigenvalue weighted by Gasteiger charge is -2.08. The Labute approximate surface area is 132 Å². The van der Waals surface area contributed by atoms with Gasteiger partial charge in [-0.2, -0.15) is 0 Å². The van der Waals surface area contributed by atoms with E-state index in [-0.39, 0.29) is 0 Å². The Kier molecular flexibility index (Phi) is 3.97. The summed E-state index contributed by atoms with van der Waals surface area (Å²) in [6, 6.07) is 12.6. The number of benzene rings is 1. The molecule has 2 N–H and O–H groups in total. The fourth-order valence-electron chi connectivity index (χ4n) is 2.16. The van der Waals surface area contributed by atoms with Crippen molar-refractivity contribution in [3.63, 3.8) is 0 Å². The second-order valence-electron chi connectivity index (χ2n) is 5.01. The van der Waals surface area contributed by atoms with E-state index in [0.717, 1.165) is 10.9 Å². The van der Waals surface area contributed by atoms with Crippen LogP contribution in [0.2, 0.25) is 0 Å². The van der Waals surface area contributed by atoms with Gasteiger partial charge in [-0.15, -0.1) is 0 Å². The highest BCUT2D eigenvalue weighted by Crippen LogP contribution is 2.20.